The molecule has 0 spiro atoms. The van der Waals surface area contributed by atoms with E-state index in [1.807, 2.05) is 72.8 Å². The van der Waals surface area contributed by atoms with Crippen molar-refractivity contribution in [1.29, 1.82) is 0 Å². The van der Waals surface area contributed by atoms with Crippen molar-refractivity contribution < 1.29 is 4.79 Å². The third kappa shape index (κ3) is 3.29. The van der Waals surface area contributed by atoms with Crippen molar-refractivity contribution in [2.45, 2.75) is 5.92 Å². The minimum atomic E-state index is -0.331. The number of pyridine rings is 1. The smallest absolute Gasteiger partial charge is 0.238 e. The Morgan fingerprint density at radius 2 is 1.43 bits per heavy atom. The molecule has 0 fully saturated rings. The van der Waals surface area contributed by atoms with E-state index < -0.39 is 0 Å². The maximum Gasteiger partial charge on any atom is 0.238 e. The average molecular weight is 302 g/mol. The lowest BCUT2D eigenvalue weighted by Gasteiger charge is -2.24. The highest BCUT2D eigenvalue weighted by molar-refractivity contribution is 5.99. The monoisotopic (exact) mass is 302 g/mol. The molecule has 0 atom stereocenters. The number of likely N-dealkylation sites (N-methyl/N-ethyl adjacent to an activating group) is 1. The highest BCUT2D eigenvalue weighted by Crippen LogP contribution is 2.28. The largest absolute Gasteiger partial charge is 0.313 e. The fourth-order valence-corrected chi connectivity index (χ4v) is 2.64. The molecule has 2 aromatic carbocycles. The van der Waals surface area contributed by atoms with E-state index in [1.54, 1.807) is 24.3 Å². The molecule has 3 heteroatoms. The molecule has 114 valence electrons. The van der Waals surface area contributed by atoms with Crippen LogP contribution < -0.4 is 4.90 Å². The predicted octanol–water partition coefficient (Wildman–Crippen LogP) is 3.88. The van der Waals surface area contributed by atoms with Crippen LogP contribution in [0, 0.1) is 0 Å². The van der Waals surface area contributed by atoms with Gasteiger partial charge in [0.15, 0.2) is 0 Å². The van der Waals surface area contributed by atoms with E-state index in [2.05, 4.69) is 4.98 Å². The van der Waals surface area contributed by atoms with E-state index in [1.165, 1.54) is 0 Å². The predicted molar refractivity (Wildman–Crippen MR) is 92.4 cm³/mol. The zero-order valence-electron chi connectivity index (χ0n) is 13.0. The summed E-state index contributed by atoms with van der Waals surface area (Å²) < 4.78 is 0. The molecule has 0 radical (unpaired) electrons. The quantitative estimate of drug-likeness (QED) is 0.733. The number of nitrogens with zero attached hydrogens (tertiary/aromatic N) is 2. The van der Waals surface area contributed by atoms with E-state index in [9.17, 15) is 4.79 Å². The summed E-state index contributed by atoms with van der Waals surface area (Å²) in [6.45, 7) is 0. The summed E-state index contributed by atoms with van der Waals surface area (Å²) in [4.78, 5) is 18.9. The zero-order chi connectivity index (χ0) is 16.1. The number of benzene rings is 2. The summed E-state index contributed by atoms with van der Waals surface area (Å²) in [6, 6.07) is 23.5. The standard InChI is InChI=1S/C20H18N2O/c1-22(18-13-8-14-21-15-18)20(23)19(16-9-4-2-5-10-16)17-11-6-3-7-12-17/h2-15,19H,1H3. The molecule has 1 aromatic heterocycles. The summed E-state index contributed by atoms with van der Waals surface area (Å²) in [5.74, 6) is -0.307. The highest BCUT2D eigenvalue weighted by Gasteiger charge is 2.26. The Balaban J connectivity index is 2.00. The van der Waals surface area contributed by atoms with Gasteiger partial charge in [-0.25, -0.2) is 0 Å². The van der Waals surface area contributed by atoms with Gasteiger partial charge in [0.1, 0.15) is 0 Å². The molecule has 0 aliphatic rings. The van der Waals surface area contributed by atoms with Gasteiger partial charge in [-0.1, -0.05) is 60.7 Å². The van der Waals surface area contributed by atoms with Gasteiger partial charge in [0.25, 0.3) is 0 Å². The fraction of sp³-hybridized carbons (Fsp3) is 0.100. The molecule has 1 amide bonds. The summed E-state index contributed by atoms with van der Waals surface area (Å²) >= 11 is 0. The normalized spacial score (nSPS) is 10.5. The Hall–Kier alpha value is -2.94. The van der Waals surface area contributed by atoms with Gasteiger partial charge < -0.3 is 4.90 Å². The second kappa shape index (κ2) is 6.88. The van der Waals surface area contributed by atoms with Crippen LogP contribution in [0.5, 0.6) is 0 Å². The van der Waals surface area contributed by atoms with E-state index in [-0.39, 0.29) is 11.8 Å². The lowest BCUT2D eigenvalue weighted by Crippen LogP contribution is -2.32. The van der Waals surface area contributed by atoms with E-state index >= 15 is 0 Å². The minimum Gasteiger partial charge on any atom is -0.313 e. The Kier molecular flexibility index (Phi) is 4.48. The molecule has 3 rings (SSSR count). The first-order chi connectivity index (χ1) is 11.3. The molecule has 0 unspecified atom stereocenters. The molecule has 0 bridgehead atoms. The number of carbonyl (C=O) groups excluding carboxylic acids is 1. The number of hydrogen-bond acceptors (Lipinski definition) is 2. The first-order valence-corrected chi connectivity index (χ1v) is 7.55. The van der Waals surface area contributed by atoms with Crippen LogP contribution in [0.4, 0.5) is 5.69 Å². The van der Waals surface area contributed by atoms with Gasteiger partial charge in [-0.15, -0.1) is 0 Å². The number of hydrogen-bond donors (Lipinski definition) is 0. The molecule has 0 aliphatic heterocycles. The van der Waals surface area contributed by atoms with Crippen LogP contribution in [-0.4, -0.2) is 17.9 Å². The van der Waals surface area contributed by atoms with Gasteiger partial charge in [-0.3, -0.25) is 9.78 Å². The van der Waals surface area contributed by atoms with Gasteiger partial charge in [-0.2, -0.15) is 0 Å². The number of rotatable bonds is 4. The second-order valence-electron chi connectivity index (χ2n) is 5.36. The molecule has 0 N–H and O–H groups in total. The van der Waals surface area contributed by atoms with Crippen LogP contribution >= 0.6 is 0 Å². The molecule has 3 aromatic rings. The highest BCUT2D eigenvalue weighted by atomic mass is 16.2. The summed E-state index contributed by atoms with van der Waals surface area (Å²) in [6.07, 6.45) is 3.40. The first kappa shape index (κ1) is 15.0. The topological polar surface area (TPSA) is 33.2 Å². The molecule has 0 saturated carbocycles. The van der Waals surface area contributed by atoms with Gasteiger partial charge in [-0.05, 0) is 23.3 Å². The lowest BCUT2D eigenvalue weighted by molar-refractivity contribution is -0.118. The van der Waals surface area contributed by atoms with Crippen LogP contribution in [-0.2, 0) is 4.79 Å². The van der Waals surface area contributed by atoms with E-state index in [0.29, 0.717) is 0 Å². The van der Waals surface area contributed by atoms with Gasteiger partial charge in [0.05, 0.1) is 17.8 Å². The van der Waals surface area contributed by atoms with Crippen LogP contribution in [0.1, 0.15) is 17.0 Å². The van der Waals surface area contributed by atoms with Crippen LogP contribution in [0.2, 0.25) is 0 Å². The van der Waals surface area contributed by atoms with Crippen molar-refractivity contribution in [3.8, 4) is 0 Å². The van der Waals surface area contributed by atoms with Crippen LogP contribution in [0.3, 0.4) is 0 Å². The van der Waals surface area contributed by atoms with Crippen LogP contribution in [0.15, 0.2) is 85.2 Å². The molecular weight excluding hydrogens is 284 g/mol. The van der Waals surface area contributed by atoms with Crippen LogP contribution in [0.25, 0.3) is 0 Å². The summed E-state index contributed by atoms with van der Waals surface area (Å²) in [5.41, 5.74) is 2.76. The molecular formula is C20H18N2O. The van der Waals surface area contributed by atoms with Crippen molar-refractivity contribution in [3.63, 3.8) is 0 Å². The number of aromatic nitrogens is 1. The average Bonchev–Trinajstić information content (AvgIpc) is 2.64. The molecule has 1 heterocycles. The Morgan fingerprint density at radius 3 is 1.91 bits per heavy atom. The van der Waals surface area contributed by atoms with Gasteiger partial charge in [0, 0.05) is 13.2 Å². The summed E-state index contributed by atoms with van der Waals surface area (Å²) in [7, 11) is 1.79. The SMILES string of the molecule is CN(C(=O)C(c1ccccc1)c1ccccc1)c1cccnc1. The second-order valence-corrected chi connectivity index (χ2v) is 5.36. The lowest BCUT2D eigenvalue weighted by atomic mass is 9.90. The Bertz CT molecular complexity index is 718. The van der Waals surface area contributed by atoms with E-state index in [0.717, 1.165) is 16.8 Å². The van der Waals surface area contributed by atoms with Gasteiger partial charge in [0.2, 0.25) is 5.91 Å². The summed E-state index contributed by atoms with van der Waals surface area (Å²) in [5, 5.41) is 0. The third-order valence-corrected chi connectivity index (χ3v) is 3.88. The van der Waals surface area contributed by atoms with Crippen molar-refractivity contribution in [1.82, 2.24) is 4.98 Å². The number of carbonyl (C=O) groups is 1. The Morgan fingerprint density at radius 1 is 0.870 bits per heavy atom. The van der Waals surface area contributed by atoms with Crippen molar-refractivity contribution >= 4 is 11.6 Å². The minimum absolute atomic E-state index is 0.0235. The van der Waals surface area contributed by atoms with Crippen molar-refractivity contribution in [3.05, 3.63) is 96.3 Å². The van der Waals surface area contributed by atoms with E-state index in [4.69, 9.17) is 0 Å². The maximum atomic E-state index is 13.1. The van der Waals surface area contributed by atoms with Crippen molar-refractivity contribution in [2.24, 2.45) is 0 Å². The van der Waals surface area contributed by atoms with Gasteiger partial charge >= 0.3 is 0 Å². The first-order valence-electron chi connectivity index (χ1n) is 7.55. The number of anilines is 1. The third-order valence-electron chi connectivity index (χ3n) is 3.88. The Labute approximate surface area is 136 Å². The molecule has 0 saturated heterocycles. The zero-order valence-corrected chi connectivity index (χ0v) is 13.0. The molecule has 23 heavy (non-hydrogen) atoms. The number of amides is 1. The van der Waals surface area contributed by atoms with Crippen molar-refractivity contribution in [2.75, 3.05) is 11.9 Å². The maximum absolute atomic E-state index is 13.1. The molecule has 3 nitrogen and oxygen atoms in total. The fourth-order valence-electron chi connectivity index (χ4n) is 2.64. The molecule has 0 aliphatic carbocycles.